The molecule has 2 rings (SSSR count). The maximum absolute atomic E-state index is 12.7. The summed E-state index contributed by atoms with van der Waals surface area (Å²) in [5, 5.41) is 0. The molecule has 20 heavy (non-hydrogen) atoms. The predicted molar refractivity (Wildman–Crippen MR) is 59.6 cm³/mol. The lowest BCUT2D eigenvalue weighted by molar-refractivity contribution is -0.143. The zero-order valence-electron chi connectivity index (χ0n) is 10.1. The smallest absolute Gasteiger partial charge is 0.416 e. The Hall–Kier alpha value is -1.66. The van der Waals surface area contributed by atoms with Crippen LogP contribution in [-0.2, 0) is 17.1 Å². The van der Waals surface area contributed by atoms with Gasteiger partial charge in [-0.25, -0.2) is 0 Å². The maximum Gasteiger partial charge on any atom is 0.416 e. The number of halogens is 6. The number of alkyl halides is 6. The van der Waals surface area contributed by atoms with Crippen molar-refractivity contribution in [3.05, 3.63) is 41.0 Å². The van der Waals surface area contributed by atoms with Crippen LogP contribution in [0.2, 0.25) is 0 Å². The molecule has 0 spiro atoms. The fourth-order valence-corrected chi connectivity index (χ4v) is 1.86. The van der Waals surface area contributed by atoms with Crippen molar-refractivity contribution in [2.45, 2.75) is 25.2 Å². The van der Waals surface area contributed by atoms with Gasteiger partial charge in [-0.1, -0.05) is 0 Å². The number of hydrogen-bond acceptors (Lipinski definition) is 1. The van der Waals surface area contributed by atoms with Crippen LogP contribution in [0.15, 0.2) is 24.3 Å². The molecule has 0 radical (unpaired) electrons. The third kappa shape index (κ3) is 3.26. The molecule has 0 amide bonds. The molecule has 1 heterocycles. The molecule has 7 heteroatoms. The molecule has 1 aliphatic heterocycles. The van der Waals surface area contributed by atoms with Crippen LogP contribution in [-0.4, -0.2) is 6.61 Å². The molecule has 0 atom stereocenters. The maximum atomic E-state index is 12.7. The zero-order chi connectivity index (χ0) is 15.0. The minimum Gasteiger partial charge on any atom is -0.493 e. The topological polar surface area (TPSA) is 9.23 Å². The molecular weight excluding hydrogens is 286 g/mol. The second-order valence-electron chi connectivity index (χ2n) is 4.35. The summed E-state index contributed by atoms with van der Waals surface area (Å²) in [6, 6.07) is 1.45. The molecule has 1 aromatic rings. The van der Waals surface area contributed by atoms with Crippen LogP contribution in [0.5, 0.6) is 0 Å². The summed E-state index contributed by atoms with van der Waals surface area (Å²) in [6.45, 7) is 0.281. The number of ether oxygens (including phenoxy) is 1. The monoisotopic (exact) mass is 296 g/mol. The number of benzene rings is 1. The van der Waals surface area contributed by atoms with Gasteiger partial charge in [-0.3, -0.25) is 0 Å². The first-order chi connectivity index (χ1) is 9.18. The van der Waals surface area contributed by atoms with Crippen LogP contribution in [0.25, 0.3) is 5.76 Å². The van der Waals surface area contributed by atoms with Crippen LogP contribution >= 0.6 is 0 Å². The molecule has 1 aromatic carbocycles. The minimum atomic E-state index is -4.84. The summed E-state index contributed by atoms with van der Waals surface area (Å²) >= 11 is 0. The molecule has 0 aliphatic carbocycles. The van der Waals surface area contributed by atoms with Crippen molar-refractivity contribution in [1.82, 2.24) is 0 Å². The second kappa shape index (κ2) is 5.03. The minimum absolute atomic E-state index is 0.0628. The number of rotatable bonds is 1. The van der Waals surface area contributed by atoms with E-state index in [1.165, 1.54) is 6.08 Å². The van der Waals surface area contributed by atoms with Gasteiger partial charge >= 0.3 is 12.4 Å². The van der Waals surface area contributed by atoms with E-state index in [1.807, 2.05) is 0 Å². The molecule has 0 N–H and O–H groups in total. The average Bonchev–Trinajstić information content (AvgIpc) is 2.37. The fraction of sp³-hybridized carbons (Fsp3) is 0.385. The van der Waals surface area contributed by atoms with Crippen molar-refractivity contribution in [3.63, 3.8) is 0 Å². The summed E-state index contributed by atoms with van der Waals surface area (Å²) in [6.07, 6.45) is -6.93. The van der Waals surface area contributed by atoms with Gasteiger partial charge in [0.1, 0.15) is 5.76 Å². The predicted octanol–water partition coefficient (Wildman–Crippen LogP) is 4.88. The Kier molecular flexibility index (Phi) is 3.71. The van der Waals surface area contributed by atoms with Gasteiger partial charge in [0.25, 0.3) is 0 Å². The molecule has 1 nitrogen and oxygen atoms in total. The normalized spacial score (nSPS) is 16.6. The van der Waals surface area contributed by atoms with E-state index in [1.54, 1.807) is 0 Å². The number of allylic oxidation sites excluding steroid dienone is 1. The van der Waals surface area contributed by atoms with Crippen LogP contribution in [0, 0.1) is 0 Å². The summed E-state index contributed by atoms with van der Waals surface area (Å²) in [7, 11) is 0. The first kappa shape index (κ1) is 14.7. The molecule has 1 aliphatic rings. The van der Waals surface area contributed by atoms with Gasteiger partial charge in [-0.2, -0.15) is 26.3 Å². The van der Waals surface area contributed by atoms with Crippen LogP contribution < -0.4 is 0 Å². The van der Waals surface area contributed by atoms with E-state index in [4.69, 9.17) is 4.74 Å². The van der Waals surface area contributed by atoms with Gasteiger partial charge in [0, 0.05) is 5.56 Å². The summed E-state index contributed by atoms with van der Waals surface area (Å²) in [5.74, 6) is 0.0628. The molecule has 0 fully saturated rings. The van der Waals surface area contributed by atoms with Crippen LogP contribution in [0.3, 0.4) is 0 Å². The quantitative estimate of drug-likeness (QED) is 0.671. The standard InChI is InChI=1S/C13H10F6O/c14-12(15,16)9-5-8(11-3-1-2-4-20-11)6-10(7-9)13(17,18)19/h3,5-7H,1-2,4H2. The molecule has 0 aromatic heterocycles. The van der Waals surface area contributed by atoms with Crippen molar-refractivity contribution >= 4 is 5.76 Å². The van der Waals surface area contributed by atoms with Crippen molar-refractivity contribution in [1.29, 1.82) is 0 Å². The van der Waals surface area contributed by atoms with Crippen LogP contribution in [0.4, 0.5) is 26.3 Å². The molecule has 0 bridgehead atoms. The summed E-state index contributed by atoms with van der Waals surface area (Å²) in [4.78, 5) is 0. The van der Waals surface area contributed by atoms with E-state index < -0.39 is 23.5 Å². The average molecular weight is 296 g/mol. The van der Waals surface area contributed by atoms with Crippen molar-refractivity contribution in [2.24, 2.45) is 0 Å². The van der Waals surface area contributed by atoms with Gasteiger partial charge in [-0.15, -0.1) is 0 Å². The van der Waals surface area contributed by atoms with Gasteiger partial charge in [0.2, 0.25) is 0 Å². The first-order valence-electron chi connectivity index (χ1n) is 5.81. The lowest BCUT2D eigenvalue weighted by Gasteiger charge is -2.18. The van der Waals surface area contributed by atoms with Crippen LogP contribution in [0.1, 0.15) is 29.5 Å². The largest absolute Gasteiger partial charge is 0.493 e. The number of hydrogen-bond donors (Lipinski definition) is 0. The Morgan fingerprint density at radius 2 is 1.40 bits per heavy atom. The Bertz CT molecular complexity index is 494. The molecule has 0 unspecified atom stereocenters. The Morgan fingerprint density at radius 1 is 0.850 bits per heavy atom. The Labute approximate surface area is 110 Å². The van der Waals surface area contributed by atoms with E-state index >= 15 is 0 Å². The highest BCUT2D eigenvalue weighted by atomic mass is 19.4. The zero-order valence-corrected chi connectivity index (χ0v) is 10.1. The van der Waals surface area contributed by atoms with Crippen molar-refractivity contribution < 1.29 is 31.1 Å². The van der Waals surface area contributed by atoms with E-state index in [-0.39, 0.29) is 24.0 Å². The van der Waals surface area contributed by atoms with Crippen molar-refractivity contribution in [2.75, 3.05) is 6.61 Å². The second-order valence-corrected chi connectivity index (χ2v) is 4.35. The lowest BCUT2D eigenvalue weighted by atomic mass is 10.0. The van der Waals surface area contributed by atoms with E-state index in [0.29, 0.717) is 25.0 Å². The highest BCUT2D eigenvalue weighted by Gasteiger charge is 2.37. The van der Waals surface area contributed by atoms with Gasteiger partial charge < -0.3 is 4.74 Å². The molecular formula is C13H10F6O. The third-order valence-corrected chi connectivity index (χ3v) is 2.81. The van der Waals surface area contributed by atoms with Crippen molar-refractivity contribution in [3.8, 4) is 0 Å². The fourth-order valence-electron chi connectivity index (χ4n) is 1.86. The van der Waals surface area contributed by atoms with E-state index in [0.717, 1.165) is 0 Å². The Balaban J connectivity index is 2.54. The van der Waals surface area contributed by atoms with Gasteiger partial charge in [-0.05, 0) is 37.1 Å². The third-order valence-electron chi connectivity index (χ3n) is 2.81. The molecule has 0 saturated heterocycles. The Morgan fingerprint density at radius 3 is 1.80 bits per heavy atom. The SMILES string of the molecule is FC(F)(F)c1cc(C2=CCCCO2)cc(C(F)(F)F)c1. The van der Waals surface area contributed by atoms with Gasteiger partial charge in [0.15, 0.2) is 0 Å². The molecule has 0 saturated carbocycles. The molecule has 110 valence electrons. The van der Waals surface area contributed by atoms with E-state index in [9.17, 15) is 26.3 Å². The lowest BCUT2D eigenvalue weighted by Crippen LogP contribution is -2.12. The summed E-state index contributed by atoms with van der Waals surface area (Å²) < 4.78 is 81.2. The highest BCUT2D eigenvalue weighted by Crippen LogP contribution is 2.38. The van der Waals surface area contributed by atoms with E-state index in [2.05, 4.69) is 0 Å². The highest BCUT2D eigenvalue weighted by molar-refractivity contribution is 5.62. The summed E-state index contributed by atoms with van der Waals surface area (Å²) in [5.41, 5.74) is -2.87. The van der Waals surface area contributed by atoms with Gasteiger partial charge in [0.05, 0.1) is 17.7 Å². The first-order valence-corrected chi connectivity index (χ1v) is 5.81.